The Morgan fingerprint density at radius 2 is 2.08 bits per heavy atom. The van der Waals surface area contributed by atoms with Gasteiger partial charge in [0.15, 0.2) is 0 Å². The third-order valence-electron chi connectivity index (χ3n) is 4.56. The number of nitrogens with one attached hydrogen (secondary N) is 2. The highest BCUT2D eigenvalue weighted by Crippen LogP contribution is 2.31. The molecule has 1 aromatic heterocycles. The van der Waals surface area contributed by atoms with Gasteiger partial charge in [-0.3, -0.25) is 9.69 Å². The van der Waals surface area contributed by atoms with Crippen LogP contribution in [0.5, 0.6) is 0 Å². The van der Waals surface area contributed by atoms with Crippen molar-refractivity contribution < 1.29 is 13.2 Å². The number of hydrogen-bond donors (Lipinski definition) is 2. The number of amides is 1. The van der Waals surface area contributed by atoms with Crippen molar-refractivity contribution in [3.05, 3.63) is 23.5 Å². The van der Waals surface area contributed by atoms with Crippen molar-refractivity contribution in [3.8, 4) is 0 Å². The summed E-state index contributed by atoms with van der Waals surface area (Å²) in [6.45, 7) is 2.30. The van der Waals surface area contributed by atoms with Crippen LogP contribution in [0.15, 0.2) is 12.1 Å². The van der Waals surface area contributed by atoms with Crippen LogP contribution >= 0.6 is 0 Å². The summed E-state index contributed by atoms with van der Waals surface area (Å²) in [6.07, 6.45) is 5.34. The molecule has 8 heteroatoms. The van der Waals surface area contributed by atoms with Crippen LogP contribution in [0.4, 0.5) is 0 Å². The number of nitrogens with zero attached hydrogens (tertiary/aromatic N) is 2. The molecule has 1 fully saturated rings. The first-order valence-electron chi connectivity index (χ1n) is 8.40. The van der Waals surface area contributed by atoms with Crippen molar-refractivity contribution in [2.75, 3.05) is 32.9 Å². The van der Waals surface area contributed by atoms with Crippen LogP contribution in [-0.4, -0.2) is 56.7 Å². The number of carbonyl (C=O) groups is 1. The van der Waals surface area contributed by atoms with Gasteiger partial charge in [-0.2, -0.15) is 0 Å². The minimum absolute atomic E-state index is 0.0801. The minimum Gasteiger partial charge on any atom is -0.354 e. The second-order valence-corrected chi connectivity index (χ2v) is 8.18. The fourth-order valence-corrected chi connectivity index (χ4v) is 3.87. The smallest absolute Gasteiger partial charge is 0.267 e. The molecule has 0 unspecified atom stereocenters. The molecule has 24 heavy (non-hydrogen) atoms. The van der Waals surface area contributed by atoms with Crippen LogP contribution in [0, 0.1) is 0 Å². The van der Waals surface area contributed by atoms with Gasteiger partial charge in [0, 0.05) is 32.9 Å². The van der Waals surface area contributed by atoms with Gasteiger partial charge in [-0.25, -0.2) is 13.1 Å². The lowest BCUT2D eigenvalue weighted by atomic mass is 9.99. The third kappa shape index (κ3) is 4.81. The van der Waals surface area contributed by atoms with E-state index < -0.39 is 10.0 Å². The van der Waals surface area contributed by atoms with E-state index in [1.165, 1.54) is 12.7 Å². The fourth-order valence-electron chi connectivity index (χ4n) is 3.35. The summed E-state index contributed by atoms with van der Waals surface area (Å²) in [7, 11) is 0.438. The Morgan fingerprint density at radius 3 is 2.75 bits per heavy atom. The summed E-state index contributed by atoms with van der Waals surface area (Å²) in [5.41, 5.74) is 1.81. The Kier molecular flexibility index (Phi) is 6.42. The molecule has 136 valence electrons. The van der Waals surface area contributed by atoms with E-state index in [4.69, 9.17) is 0 Å². The Morgan fingerprint density at radius 1 is 1.33 bits per heavy atom. The van der Waals surface area contributed by atoms with Crippen molar-refractivity contribution in [3.63, 3.8) is 0 Å². The molecule has 1 saturated heterocycles. The first-order chi connectivity index (χ1) is 11.3. The van der Waals surface area contributed by atoms with E-state index in [-0.39, 0.29) is 11.9 Å². The normalized spacial score (nSPS) is 19.4. The summed E-state index contributed by atoms with van der Waals surface area (Å²) >= 11 is 0. The van der Waals surface area contributed by atoms with Gasteiger partial charge in [0.25, 0.3) is 5.91 Å². The number of aromatic nitrogens is 1. The molecule has 2 N–H and O–H groups in total. The van der Waals surface area contributed by atoms with Crippen LogP contribution in [0.3, 0.4) is 0 Å². The van der Waals surface area contributed by atoms with E-state index in [2.05, 4.69) is 14.9 Å². The topological polar surface area (TPSA) is 83.4 Å². The summed E-state index contributed by atoms with van der Waals surface area (Å²) in [4.78, 5) is 14.3. The molecule has 1 aromatic rings. The van der Waals surface area contributed by atoms with Crippen molar-refractivity contribution in [2.24, 2.45) is 7.05 Å². The van der Waals surface area contributed by atoms with Gasteiger partial charge in [-0.1, -0.05) is 6.42 Å². The Hall–Kier alpha value is -1.38. The van der Waals surface area contributed by atoms with E-state index in [0.717, 1.165) is 38.0 Å². The minimum atomic E-state index is -3.13. The highest BCUT2D eigenvalue weighted by Gasteiger charge is 2.26. The largest absolute Gasteiger partial charge is 0.354 e. The average Bonchev–Trinajstić information content (AvgIpc) is 2.92. The van der Waals surface area contributed by atoms with E-state index in [1.807, 2.05) is 23.7 Å². The Labute approximate surface area is 144 Å². The van der Waals surface area contributed by atoms with Gasteiger partial charge < -0.3 is 9.88 Å². The lowest BCUT2D eigenvalue weighted by molar-refractivity contribution is 0.0952. The van der Waals surface area contributed by atoms with Gasteiger partial charge in [0.2, 0.25) is 10.0 Å². The molecule has 0 aliphatic carbocycles. The van der Waals surface area contributed by atoms with Crippen LogP contribution < -0.4 is 10.0 Å². The molecule has 0 spiro atoms. The van der Waals surface area contributed by atoms with E-state index in [9.17, 15) is 13.2 Å². The molecule has 1 amide bonds. The predicted octanol–water partition coefficient (Wildman–Crippen LogP) is 0.851. The number of likely N-dealkylation sites (tertiary alicyclic amines) is 1. The Balaban J connectivity index is 2.04. The summed E-state index contributed by atoms with van der Waals surface area (Å²) < 4.78 is 26.8. The quantitative estimate of drug-likeness (QED) is 0.710. The van der Waals surface area contributed by atoms with Crippen LogP contribution in [0.25, 0.3) is 0 Å². The number of rotatable bonds is 7. The highest BCUT2D eigenvalue weighted by atomic mass is 32.2. The number of carbonyl (C=O) groups excluding carboxylic acids is 1. The molecule has 0 radical (unpaired) electrons. The molecule has 0 saturated carbocycles. The zero-order valence-electron chi connectivity index (χ0n) is 14.7. The van der Waals surface area contributed by atoms with Crippen molar-refractivity contribution in [1.29, 1.82) is 0 Å². The molecule has 1 aliphatic heterocycles. The molecular formula is C16H28N4O3S. The summed E-state index contributed by atoms with van der Waals surface area (Å²) in [5, 5.41) is 2.67. The zero-order chi connectivity index (χ0) is 17.7. The molecule has 2 rings (SSSR count). The van der Waals surface area contributed by atoms with Gasteiger partial charge >= 0.3 is 0 Å². The van der Waals surface area contributed by atoms with Gasteiger partial charge in [0.1, 0.15) is 5.69 Å². The van der Waals surface area contributed by atoms with Crippen molar-refractivity contribution >= 4 is 15.9 Å². The third-order valence-corrected chi connectivity index (χ3v) is 5.29. The van der Waals surface area contributed by atoms with E-state index in [0.29, 0.717) is 12.2 Å². The standard InChI is InChI=1S/C16H28N4O3S/c1-17-16(21)15-9-8-13(19(15)2)14-7-4-5-11-20(14)12-6-10-18-24(3,22)23/h8-9,14,18H,4-7,10-12H2,1-3H3,(H,17,21)/t14-/m1/s1. The van der Waals surface area contributed by atoms with Crippen LogP contribution in [0.1, 0.15) is 47.9 Å². The first kappa shape index (κ1) is 19.0. The lowest BCUT2D eigenvalue weighted by Crippen LogP contribution is -2.37. The van der Waals surface area contributed by atoms with Gasteiger partial charge in [0.05, 0.1) is 12.3 Å². The second-order valence-electron chi connectivity index (χ2n) is 6.35. The predicted molar refractivity (Wildman–Crippen MR) is 94.4 cm³/mol. The average molecular weight is 356 g/mol. The zero-order valence-corrected chi connectivity index (χ0v) is 15.5. The molecule has 2 heterocycles. The number of piperidine rings is 1. The molecule has 1 atom stereocenters. The number of hydrogen-bond acceptors (Lipinski definition) is 4. The second kappa shape index (κ2) is 8.13. The Bertz CT molecular complexity index is 669. The van der Waals surface area contributed by atoms with E-state index >= 15 is 0 Å². The molecule has 1 aliphatic rings. The maximum absolute atomic E-state index is 11.9. The molecule has 0 bridgehead atoms. The van der Waals surface area contributed by atoms with Crippen molar-refractivity contribution in [2.45, 2.75) is 31.7 Å². The van der Waals surface area contributed by atoms with E-state index in [1.54, 1.807) is 7.05 Å². The van der Waals surface area contributed by atoms with Crippen LogP contribution in [-0.2, 0) is 17.1 Å². The maximum atomic E-state index is 11.9. The molecular weight excluding hydrogens is 328 g/mol. The summed E-state index contributed by atoms with van der Waals surface area (Å²) in [5.74, 6) is -0.0801. The number of sulfonamides is 1. The van der Waals surface area contributed by atoms with Gasteiger partial charge in [-0.15, -0.1) is 0 Å². The van der Waals surface area contributed by atoms with Crippen LogP contribution in [0.2, 0.25) is 0 Å². The SMILES string of the molecule is CNC(=O)c1ccc([C@H]2CCCCN2CCCNS(C)(=O)=O)n1C. The maximum Gasteiger partial charge on any atom is 0.267 e. The lowest BCUT2D eigenvalue weighted by Gasteiger charge is -2.36. The first-order valence-corrected chi connectivity index (χ1v) is 10.3. The van der Waals surface area contributed by atoms with Gasteiger partial charge in [-0.05, 0) is 37.9 Å². The molecule has 0 aromatic carbocycles. The fraction of sp³-hybridized carbons (Fsp3) is 0.688. The highest BCUT2D eigenvalue weighted by molar-refractivity contribution is 7.88. The molecule has 7 nitrogen and oxygen atoms in total. The summed E-state index contributed by atoms with van der Waals surface area (Å²) in [6, 6.07) is 4.18. The van der Waals surface area contributed by atoms with Crippen molar-refractivity contribution in [1.82, 2.24) is 19.5 Å². The monoisotopic (exact) mass is 356 g/mol.